The van der Waals surface area contributed by atoms with Crippen LogP contribution in [0.25, 0.3) is 0 Å². The van der Waals surface area contributed by atoms with Gasteiger partial charge in [0.15, 0.2) is 0 Å². The summed E-state index contributed by atoms with van der Waals surface area (Å²) < 4.78 is 13.3. The van der Waals surface area contributed by atoms with Crippen molar-refractivity contribution in [3.8, 4) is 0 Å². The number of nitrogens with zero attached hydrogens (tertiary/aromatic N) is 1. The number of aliphatic hydroxyl groups excluding tert-OH is 1. The molecule has 1 fully saturated rings. The molecule has 104 valence electrons. The van der Waals surface area contributed by atoms with Crippen LogP contribution in [0.5, 0.6) is 0 Å². The molecule has 0 saturated heterocycles. The van der Waals surface area contributed by atoms with Crippen molar-refractivity contribution in [2.24, 2.45) is 0 Å². The van der Waals surface area contributed by atoms with Gasteiger partial charge in [-0.25, -0.2) is 4.39 Å². The van der Waals surface area contributed by atoms with Crippen LogP contribution in [-0.4, -0.2) is 35.1 Å². The minimum atomic E-state index is -0.479. The Labute approximate surface area is 112 Å². The second-order valence-corrected chi connectivity index (χ2v) is 4.89. The summed E-state index contributed by atoms with van der Waals surface area (Å²) in [4.78, 5) is 14.1. The first-order valence-corrected chi connectivity index (χ1v) is 6.60. The van der Waals surface area contributed by atoms with Gasteiger partial charge in [0.2, 0.25) is 0 Å². The largest absolute Gasteiger partial charge is 0.398 e. The third kappa shape index (κ3) is 3.04. The highest BCUT2D eigenvalue weighted by molar-refractivity contribution is 5.99. The Morgan fingerprint density at radius 3 is 2.74 bits per heavy atom. The fourth-order valence-corrected chi connectivity index (χ4v) is 2.64. The Kier molecular flexibility index (Phi) is 4.37. The van der Waals surface area contributed by atoms with Crippen LogP contribution in [0, 0.1) is 5.82 Å². The molecular formula is C14H19FN2O2. The van der Waals surface area contributed by atoms with E-state index in [1.54, 1.807) is 4.90 Å². The zero-order chi connectivity index (χ0) is 13.8. The topological polar surface area (TPSA) is 66.6 Å². The van der Waals surface area contributed by atoms with Gasteiger partial charge >= 0.3 is 0 Å². The molecule has 0 unspecified atom stereocenters. The third-order valence-corrected chi connectivity index (χ3v) is 3.61. The van der Waals surface area contributed by atoms with E-state index in [9.17, 15) is 9.18 Å². The summed E-state index contributed by atoms with van der Waals surface area (Å²) in [5, 5.41) is 9.12. The molecule has 0 atom stereocenters. The first-order chi connectivity index (χ1) is 9.13. The highest BCUT2D eigenvalue weighted by Crippen LogP contribution is 2.26. The molecular weight excluding hydrogens is 247 g/mol. The van der Waals surface area contributed by atoms with Crippen molar-refractivity contribution in [2.45, 2.75) is 31.7 Å². The van der Waals surface area contributed by atoms with Gasteiger partial charge < -0.3 is 15.7 Å². The Bertz CT molecular complexity index is 459. The maximum absolute atomic E-state index is 13.3. The molecule has 19 heavy (non-hydrogen) atoms. The van der Waals surface area contributed by atoms with Crippen molar-refractivity contribution in [1.82, 2.24) is 4.90 Å². The molecule has 0 aromatic heterocycles. The number of benzene rings is 1. The van der Waals surface area contributed by atoms with Crippen molar-refractivity contribution >= 4 is 11.6 Å². The SMILES string of the molecule is Nc1ccc(F)cc1C(=O)N(CCO)C1CCCC1. The van der Waals surface area contributed by atoms with Gasteiger partial charge in [0.05, 0.1) is 12.2 Å². The number of halogens is 1. The molecule has 0 heterocycles. The summed E-state index contributed by atoms with van der Waals surface area (Å²) in [5.41, 5.74) is 6.20. The summed E-state index contributed by atoms with van der Waals surface area (Å²) >= 11 is 0. The number of hydrogen-bond donors (Lipinski definition) is 2. The van der Waals surface area contributed by atoms with Crippen molar-refractivity contribution in [1.29, 1.82) is 0 Å². The van der Waals surface area contributed by atoms with Crippen LogP contribution in [0.2, 0.25) is 0 Å². The first-order valence-electron chi connectivity index (χ1n) is 6.60. The van der Waals surface area contributed by atoms with E-state index in [0.717, 1.165) is 31.7 Å². The minimum absolute atomic E-state index is 0.0997. The number of carbonyl (C=O) groups is 1. The van der Waals surface area contributed by atoms with Gasteiger partial charge in [0.1, 0.15) is 5.82 Å². The molecule has 0 radical (unpaired) electrons. The molecule has 1 aromatic rings. The van der Waals surface area contributed by atoms with Crippen LogP contribution in [0.3, 0.4) is 0 Å². The smallest absolute Gasteiger partial charge is 0.256 e. The van der Waals surface area contributed by atoms with Crippen LogP contribution in [0.15, 0.2) is 18.2 Å². The highest BCUT2D eigenvalue weighted by atomic mass is 19.1. The van der Waals surface area contributed by atoms with Crippen molar-refractivity contribution in [3.05, 3.63) is 29.6 Å². The lowest BCUT2D eigenvalue weighted by atomic mass is 10.1. The summed E-state index contributed by atoms with van der Waals surface area (Å²) in [6, 6.07) is 3.92. The lowest BCUT2D eigenvalue weighted by molar-refractivity contribution is 0.0638. The van der Waals surface area contributed by atoms with Gasteiger partial charge in [-0.15, -0.1) is 0 Å². The Balaban J connectivity index is 2.25. The molecule has 5 heteroatoms. The molecule has 4 nitrogen and oxygen atoms in total. The van der Waals surface area contributed by atoms with Gasteiger partial charge in [-0.3, -0.25) is 4.79 Å². The summed E-state index contributed by atoms with van der Waals surface area (Å²) in [5.74, 6) is -0.772. The summed E-state index contributed by atoms with van der Waals surface area (Å²) in [6.45, 7) is 0.164. The van der Waals surface area contributed by atoms with Crippen LogP contribution in [0.1, 0.15) is 36.0 Å². The molecule has 0 bridgehead atoms. The number of nitrogens with two attached hydrogens (primary N) is 1. The van der Waals surface area contributed by atoms with E-state index in [1.165, 1.54) is 12.1 Å². The molecule has 0 spiro atoms. The van der Waals surface area contributed by atoms with Crippen LogP contribution >= 0.6 is 0 Å². The molecule has 1 aromatic carbocycles. The summed E-state index contributed by atoms with van der Waals surface area (Å²) in [6.07, 6.45) is 4.03. The predicted molar refractivity (Wildman–Crippen MR) is 71.2 cm³/mol. The first kappa shape index (κ1) is 13.8. The molecule has 0 aliphatic heterocycles. The zero-order valence-corrected chi connectivity index (χ0v) is 10.8. The van der Waals surface area contributed by atoms with E-state index in [0.29, 0.717) is 0 Å². The van der Waals surface area contributed by atoms with E-state index in [1.807, 2.05) is 0 Å². The molecule has 1 aliphatic carbocycles. The van der Waals surface area contributed by atoms with Gasteiger partial charge in [-0.2, -0.15) is 0 Å². The normalized spacial score (nSPS) is 15.7. The monoisotopic (exact) mass is 266 g/mol. The fraction of sp³-hybridized carbons (Fsp3) is 0.500. The molecule has 2 rings (SSSR count). The van der Waals surface area contributed by atoms with E-state index in [-0.39, 0.29) is 36.4 Å². The van der Waals surface area contributed by atoms with Gasteiger partial charge in [-0.1, -0.05) is 12.8 Å². The van der Waals surface area contributed by atoms with E-state index < -0.39 is 5.82 Å². The summed E-state index contributed by atoms with van der Waals surface area (Å²) in [7, 11) is 0. The van der Waals surface area contributed by atoms with Crippen LogP contribution in [0.4, 0.5) is 10.1 Å². The highest BCUT2D eigenvalue weighted by Gasteiger charge is 2.28. The van der Waals surface area contributed by atoms with Gasteiger partial charge in [0.25, 0.3) is 5.91 Å². The maximum Gasteiger partial charge on any atom is 0.256 e. The maximum atomic E-state index is 13.3. The minimum Gasteiger partial charge on any atom is -0.398 e. The number of nitrogen functional groups attached to an aromatic ring is 1. The second-order valence-electron chi connectivity index (χ2n) is 4.89. The van der Waals surface area contributed by atoms with E-state index >= 15 is 0 Å². The van der Waals surface area contributed by atoms with E-state index in [4.69, 9.17) is 10.8 Å². The van der Waals surface area contributed by atoms with E-state index in [2.05, 4.69) is 0 Å². The lowest BCUT2D eigenvalue weighted by Gasteiger charge is -2.28. The van der Waals surface area contributed by atoms with Gasteiger partial charge in [0, 0.05) is 18.3 Å². The van der Waals surface area contributed by atoms with Crippen molar-refractivity contribution in [2.75, 3.05) is 18.9 Å². The van der Waals surface area contributed by atoms with Crippen molar-refractivity contribution in [3.63, 3.8) is 0 Å². The molecule has 3 N–H and O–H groups in total. The third-order valence-electron chi connectivity index (χ3n) is 3.61. The molecule has 1 aliphatic rings. The Morgan fingerprint density at radius 2 is 2.11 bits per heavy atom. The Hall–Kier alpha value is -1.62. The Morgan fingerprint density at radius 1 is 1.42 bits per heavy atom. The number of hydrogen-bond acceptors (Lipinski definition) is 3. The van der Waals surface area contributed by atoms with Crippen molar-refractivity contribution < 1.29 is 14.3 Å². The van der Waals surface area contributed by atoms with Crippen LogP contribution in [-0.2, 0) is 0 Å². The number of amides is 1. The lowest BCUT2D eigenvalue weighted by Crippen LogP contribution is -2.41. The fourth-order valence-electron chi connectivity index (χ4n) is 2.64. The number of aliphatic hydroxyl groups is 1. The second kappa shape index (κ2) is 6.02. The zero-order valence-electron chi connectivity index (χ0n) is 10.8. The standard InChI is InChI=1S/C14H19FN2O2/c15-10-5-6-13(16)12(9-10)14(19)17(7-8-18)11-3-1-2-4-11/h5-6,9,11,18H,1-4,7-8,16H2. The average molecular weight is 266 g/mol. The van der Waals surface area contributed by atoms with Gasteiger partial charge in [-0.05, 0) is 31.0 Å². The molecule has 1 saturated carbocycles. The number of carbonyl (C=O) groups excluding carboxylic acids is 1. The predicted octanol–water partition coefficient (Wildman–Crippen LogP) is 1.79. The quantitative estimate of drug-likeness (QED) is 0.816. The van der Waals surface area contributed by atoms with Crippen LogP contribution < -0.4 is 5.73 Å². The average Bonchev–Trinajstić information content (AvgIpc) is 2.92. The molecule has 1 amide bonds. The number of anilines is 1. The number of rotatable bonds is 4.